The summed E-state index contributed by atoms with van der Waals surface area (Å²) >= 11 is 1.27. The molecule has 0 aliphatic carbocycles. The molecule has 9 heteroatoms. The Labute approximate surface area is 165 Å². The minimum absolute atomic E-state index is 0.135. The molecule has 0 saturated heterocycles. The highest BCUT2D eigenvalue weighted by Gasteiger charge is 2.18. The largest absolute Gasteiger partial charge is 0.493 e. The normalized spacial score (nSPS) is 10.4. The van der Waals surface area contributed by atoms with Gasteiger partial charge in [-0.25, -0.2) is 4.98 Å². The summed E-state index contributed by atoms with van der Waals surface area (Å²) in [7, 11) is 2.99. The SMILES string of the molecule is COc1cccc(C(=O)Nc2nc(-c3ccc(CNC(C)=O)o3)cs2)c1OC. The van der Waals surface area contributed by atoms with E-state index in [9.17, 15) is 9.59 Å². The molecule has 146 valence electrons. The van der Waals surface area contributed by atoms with Crippen molar-refractivity contribution in [3.63, 3.8) is 0 Å². The van der Waals surface area contributed by atoms with Crippen LogP contribution in [0.1, 0.15) is 23.0 Å². The number of amides is 2. The van der Waals surface area contributed by atoms with Crippen molar-refractivity contribution in [3.05, 3.63) is 47.0 Å². The first-order valence-electron chi connectivity index (χ1n) is 8.33. The smallest absolute Gasteiger partial charge is 0.261 e. The molecule has 2 N–H and O–H groups in total. The maximum absolute atomic E-state index is 12.6. The number of carbonyl (C=O) groups excluding carboxylic acids is 2. The fourth-order valence-corrected chi connectivity index (χ4v) is 3.19. The van der Waals surface area contributed by atoms with Gasteiger partial charge in [-0.1, -0.05) is 6.07 Å². The van der Waals surface area contributed by atoms with E-state index in [1.54, 1.807) is 35.7 Å². The Kier molecular flexibility index (Phi) is 5.95. The van der Waals surface area contributed by atoms with Crippen LogP contribution in [0, 0.1) is 0 Å². The van der Waals surface area contributed by atoms with Crippen molar-refractivity contribution >= 4 is 28.3 Å². The average molecular weight is 401 g/mol. The molecule has 0 fully saturated rings. The van der Waals surface area contributed by atoms with E-state index in [1.165, 1.54) is 32.5 Å². The van der Waals surface area contributed by atoms with Gasteiger partial charge in [-0.05, 0) is 24.3 Å². The van der Waals surface area contributed by atoms with Crippen LogP contribution >= 0.6 is 11.3 Å². The summed E-state index contributed by atoms with van der Waals surface area (Å²) < 4.78 is 16.2. The Hall–Kier alpha value is -3.33. The van der Waals surface area contributed by atoms with Gasteiger partial charge in [-0.15, -0.1) is 11.3 Å². The second-order valence-corrected chi connectivity index (χ2v) is 6.57. The third kappa shape index (κ3) is 4.32. The molecule has 0 saturated carbocycles. The number of benzene rings is 1. The molecule has 3 rings (SSSR count). The minimum Gasteiger partial charge on any atom is -0.493 e. The van der Waals surface area contributed by atoms with Crippen LogP contribution in [-0.2, 0) is 11.3 Å². The number of furan rings is 1. The summed E-state index contributed by atoms with van der Waals surface area (Å²) in [5.74, 6) is 1.50. The summed E-state index contributed by atoms with van der Waals surface area (Å²) in [6, 6.07) is 8.61. The van der Waals surface area contributed by atoms with Gasteiger partial charge in [0.15, 0.2) is 22.4 Å². The van der Waals surface area contributed by atoms with E-state index in [-0.39, 0.29) is 11.8 Å². The predicted octanol–water partition coefficient (Wildman–Crippen LogP) is 3.31. The summed E-state index contributed by atoms with van der Waals surface area (Å²) in [6.07, 6.45) is 0. The van der Waals surface area contributed by atoms with Crippen molar-refractivity contribution in [3.8, 4) is 23.0 Å². The highest BCUT2D eigenvalue weighted by molar-refractivity contribution is 7.14. The maximum Gasteiger partial charge on any atom is 0.261 e. The van der Waals surface area contributed by atoms with E-state index in [1.807, 2.05) is 0 Å². The fourth-order valence-electron chi connectivity index (χ4n) is 2.50. The molecule has 28 heavy (non-hydrogen) atoms. The first-order valence-corrected chi connectivity index (χ1v) is 9.21. The molecule has 0 unspecified atom stereocenters. The molecule has 8 nitrogen and oxygen atoms in total. The second kappa shape index (κ2) is 8.57. The number of rotatable bonds is 7. The van der Waals surface area contributed by atoms with Crippen molar-refractivity contribution in [2.45, 2.75) is 13.5 Å². The second-order valence-electron chi connectivity index (χ2n) is 5.71. The lowest BCUT2D eigenvalue weighted by Gasteiger charge is -2.11. The third-order valence-corrected chi connectivity index (χ3v) is 4.56. The maximum atomic E-state index is 12.6. The van der Waals surface area contributed by atoms with Gasteiger partial charge in [0.1, 0.15) is 11.5 Å². The van der Waals surface area contributed by atoms with E-state index in [2.05, 4.69) is 15.6 Å². The number of carbonyl (C=O) groups is 2. The van der Waals surface area contributed by atoms with Gasteiger partial charge in [0.05, 0.1) is 26.3 Å². The zero-order valence-corrected chi connectivity index (χ0v) is 16.4. The number of para-hydroxylation sites is 1. The van der Waals surface area contributed by atoms with E-state index in [0.29, 0.717) is 46.0 Å². The number of nitrogens with one attached hydrogen (secondary N) is 2. The number of hydrogen-bond donors (Lipinski definition) is 2. The summed E-state index contributed by atoms with van der Waals surface area (Å²) in [4.78, 5) is 28.0. The molecule has 0 spiro atoms. The number of aromatic nitrogens is 1. The number of anilines is 1. The number of hydrogen-bond acceptors (Lipinski definition) is 7. The predicted molar refractivity (Wildman–Crippen MR) is 105 cm³/mol. The molecule has 0 bridgehead atoms. The first-order chi connectivity index (χ1) is 13.5. The lowest BCUT2D eigenvalue weighted by Crippen LogP contribution is -2.18. The fraction of sp³-hybridized carbons (Fsp3) is 0.211. The molecule has 2 amide bonds. The molecule has 2 aromatic heterocycles. The monoisotopic (exact) mass is 401 g/mol. The van der Waals surface area contributed by atoms with Gasteiger partial charge >= 0.3 is 0 Å². The Morgan fingerprint density at radius 1 is 1.18 bits per heavy atom. The molecular weight excluding hydrogens is 382 g/mol. The highest BCUT2D eigenvalue weighted by atomic mass is 32.1. The van der Waals surface area contributed by atoms with Gasteiger partial charge in [0, 0.05) is 12.3 Å². The van der Waals surface area contributed by atoms with Crippen molar-refractivity contribution in [2.24, 2.45) is 0 Å². The summed E-state index contributed by atoms with van der Waals surface area (Å²) in [6.45, 7) is 1.75. The first kappa shape index (κ1) is 19.4. The molecule has 1 aromatic carbocycles. The van der Waals surface area contributed by atoms with Gasteiger partial charge in [0.25, 0.3) is 5.91 Å². The van der Waals surface area contributed by atoms with Gasteiger partial charge in [0.2, 0.25) is 5.91 Å². The van der Waals surface area contributed by atoms with E-state index < -0.39 is 0 Å². The van der Waals surface area contributed by atoms with Gasteiger partial charge in [-0.2, -0.15) is 0 Å². The van der Waals surface area contributed by atoms with Crippen LogP contribution < -0.4 is 20.1 Å². The summed E-state index contributed by atoms with van der Waals surface area (Å²) in [5.41, 5.74) is 0.932. The standard InChI is InChI=1S/C19H19N3O5S/c1-11(23)20-9-12-7-8-15(27-12)14-10-28-19(21-14)22-18(24)13-5-4-6-16(25-2)17(13)26-3/h4-8,10H,9H2,1-3H3,(H,20,23)(H,21,22,24). The molecular formula is C19H19N3O5S. The topological polar surface area (TPSA) is 103 Å². The third-order valence-electron chi connectivity index (χ3n) is 3.80. The summed E-state index contributed by atoms with van der Waals surface area (Å²) in [5, 5.41) is 7.62. The minimum atomic E-state index is -0.359. The highest BCUT2D eigenvalue weighted by Crippen LogP contribution is 2.32. The number of nitrogens with zero attached hydrogens (tertiary/aromatic N) is 1. The molecule has 0 radical (unpaired) electrons. The zero-order chi connectivity index (χ0) is 20.1. The van der Waals surface area contributed by atoms with E-state index >= 15 is 0 Å². The molecule has 2 heterocycles. The van der Waals surface area contributed by atoms with E-state index in [0.717, 1.165) is 0 Å². The van der Waals surface area contributed by atoms with Crippen LogP contribution in [0.25, 0.3) is 11.5 Å². The molecule has 3 aromatic rings. The number of thiazole rings is 1. The average Bonchev–Trinajstić information content (AvgIpc) is 3.34. The zero-order valence-electron chi connectivity index (χ0n) is 15.6. The Balaban J connectivity index is 1.73. The van der Waals surface area contributed by atoms with Crippen molar-refractivity contribution < 1.29 is 23.5 Å². The van der Waals surface area contributed by atoms with Gasteiger partial charge in [-0.3, -0.25) is 14.9 Å². The van der Waals surface area contributed by atoms with Crippen LogP contribution in [0.4, 0.5) is 5.13 Å². The van der Waals surface area contributed by atoms with E-state index in [4.69, 9.17) is 13.9 Å². The van der Waals surface area contributed by atoms with Crippen molar-refractivity contribution in [2.75, 3.05) is 19.5 Å². The molecule has 0 aliphatic rings. The number of methoxy groups -OCH3 is 2. The van der Waals surface area contributed by atoms with Crippen LogP contribution in [0.15, 0.2) is 40.1 Å². The number of ether oxygens (including phenoxy) is 2. The Bertz CT molecular complexity index is 995. The quantitative estimate of drug-likeness (QED) is 0.630. The molecule has 0 atom stereocenters. The van der Waals surface area contributed by atoms with Crippen molar-refractivity contribution in [1.82, 2.24) is 10.3 Å². The van der Waals surface area contributed by atoms with Crippen LogP contribution in [0.5, 0.6) is 11.5 Å². The lowest BCUT2D eigenvalue weighted by atomic mass is 10.1. The van der Waals surface area contributed by atoms with Crippen molar-refractivity contribution in [1.29, 1.82) is 0 Å². The lowest BCUT2D eigenvalue weighted by molar-refractivity contribution is -0.119. The van der Waals surface area contributed by atoms with Crippen LogP contribution in [0.2, 0.25) is 0 Å². The van der Waals surface area contributed by atoms with Crippen LogP contribution in [0.3, 0.4) is 0 Å². The Morgan fingerprint density at radius 3 is 2.71 bits per heavy atom. The molecule has 0 aliphatic heterocycles. The van der Waals surface area contributed by atoms with Gasteiger partial charge < -0.3 is 19.2 Å². The Morgan fingerprint density at radius 2 is 2.00 bits per heavy atom. The van der Waals surface area contributed by atoms with Crippen LogP contribution in [-0.4, -0.2) is 31.0 Å².